The number of benzene rings is 2. The van der Waals surface area contributed by atoms with Crippen molar-refractivity contribution in [3.8, 4) is 0 Å². The number of nitrogens with zero attached hydrogens (tertiary/aromatic N) is 4. The Morgan fingerprint density at radius 3 is 2.31 bits per heavy atom. The van der Waals surface area contributed by atoms with Gasteiger partial charge in [-0.3, -0.25) is 0 Å². The third-order valence-corrected chi connectivity index (χ3v) is 5.26. The standard InChI is InChI=1S/C23H26FN5/c1-3-18-8-10-19(11-9-18)27-22-16-23(26-17(2)25-22)29-14-12-28(13-15-29)21-7-5-4-6-20(21)24/h4-11,16H,3,12-15H2,1-2H3,(H,25,26,27). The Morgan fingerprint density at radius 1 is 0.931 bits per heavy atom. The van der Waals surface area contributed by atoms with Crippen molar-refractivity contribution in [1.82, 2.24) is 9.97 Å². The van der Waals surface area contributed by atoms with E-state index in [4.69, 9.17) is 0 Å². The molecule has 1 fully saturated rings. The van der Waals surface area contributed by atoms with Crippen LogP contribution in [0.15, 0.2) is 54.6 Å². The van der Waals surface area contributed by atoms with Gasteiger partial charge >= 0.3 is 0 Å². The molecule has 6 heteroatoms. The Morgan fingerprint density at radius 2 is 1.62 bits per heavy atom. The smallest absolute Gasteiger partial charge is 0.146 e. The van der Waals surface area contributed by atoms with Crippen molar-refractivity contribution in [2.24, 2.45) is 0 Å². The summed E-state index contributed by atoms with van der Waals surface area (Å²) in [5.74, 6) is 2.25. The Balaban J connectivity index is 1.46. The number of aromatic nitrogens is 2. The first-order chi connectivity index (χ1) is 14.1. The summed E-state index contributed by atoms with van der Waals surface area (Å²) in [5.41, 5.74) is 2.99. The largest absolute Gasteiger partial charge is 0.366 e. The fourth-order valence-corrected chi connectivity index (χ4v) is 3.63. The highest BCUT2D eigenvalue weighted by atomic mass is 19.1. The quantitative estimate of drug-likeness (QED) is 0.691. The maximum absolute atomic E-state index is 14.1. The van der Waals surface area contributed by atoms with E-state index in [1.165, 1.54) is 11.6 Å². The van der Waals surface area contributed by atoms with Crippen LogP contribution in [-0.4, -0.2) is 36.1 Å². The zero-order valence-corrected chi connectivity index (χ0v) is 16.9. The van der Waals surface area contributed by atoms with Crippen molar-refractivity contribution in [2.75, 3.05) is 41.3 Å². The predicted molar refractivity (Wildman–Crippen MR) is 117 cm³/mol. The molecule has 4 rings (SSSR count). The van der Waals surface area contributed by atoms with Gasteiger partial charge in [0.25, 0.3) is 0 Å². The van der Waals surface area contributed by atoms with Crippen molar-refractivity contribution in [3.05, 3.63) is 71.8 Å². The average Bonchev–Trinajstić information content (AvgIpc) is 2.74. The monoisotopic (exact) mass is 391 g/mol. The topological polar surface area (TPSA) is 44.3 Å². The first kappa shape index (κ1) is 19.2. The fourth-order valence-electron chi connectivity index (χ4n) is 3.63. The van der Waals surface area contributed by atoms with Gasteiger partial charge in [0.2, 0.25) is 0 Å². The molecule has 29 heavy (non-hydrogen) atoms. The lowest BCUT2D eigenvalue weighted by atomic mass is 10.1. The van der Waals surface area contributed by atoms with Crippen LogP contribution in [0.3, 0.4) is 0 Å². The molecule has 0 spiro atoms. The van der Waals surface area contributed by atoms with E-state index < -0.39 is 0 Å². The van der Waals surface area contributed by atoms with Crippen LogP contribution < -0.4 is 15.1 Å². The summed E-state index contributed by atoms with van der Waals surface area (Å²) in [5, 5.41) is 3.38. The van der Waals surface area contributed by atoms with E-state index in [-0.39, 0.29) is 5.82 Å². The van der Waals surface area contributed by atoms with Gasteiger partial charge in [-0.05, 0) is 43.2 Å². The van der Waals surface area contributed by atoms with E-state index in [2.05, 4.69) is 56.3 Å². The van der Waals surface area contributed by atoms with Crippen LogP contribution in [0.25, 0.3) is 0 Å². The molecule has 0 saturated carbocycles. The average molecular weight is 391 g/mol. The number of hydrogen-bond donors (Lipinski definition) is 1. The number of halogens is 1. The lowest BCUT2D eigenvalue weighted by Gasteiger charge is -2.37. The van der Waals surface area contributed by atoms with Gasteiger partial charge in [0, 0.05) is 37.9 Å². The fraction of sp³-hybridized carbons (Fsp3) is 0.304. The van der Waals surface area contributed by atoms with Gasteiger partial charge in [-0.2, -0.15) is 0 Å². The van der Waals surface area contributed by atoms with E-state index in [9.17, 15) is 4.39 Å². The highest BCUT2D eigenvalue weighted by Gasteiger charge is 2.21. The lowest BCUT2D eigenvalue weighted by molar-refractivity contribution is 0.596. The van der Waals surface area contributed by atoms with Gasteiger partial charge in [0.15, 0.2) is 0 Å². The van der Waals surface area contributed by atoms with Crippen LogP contribution in [-0.2, 0) is 6.42 Å². The first-order valence-corrected chi connectivity index (χ1v) is 10.1. The summed E-state index contributed by atoms with van der Waals surface area (Å²) in [6.07, 6.45) is 1.02. The Labute approximate surface area is 171 Å². The van der Waals surface area contributed by atoms with Crippen molar-refractivity contribution in [3.63, 3.8) is 0 Å². The van der Waals surface area contributed by atoms with Crippen molar-refractivity contribution >= 4 is 23.0 Å². The first-order valence-electron chi connectivity index (χ1n) is 10.1. The van der Waals surface area contributed by atoms with Crippen LogP contribution in [0.5, 0.6) is 0 Å². The van der Waals surface area contributed by atoms with Gasteiger partial charge in [-0.15, -0.1) is 0 Å². The van der Waals surface area contributed by atoms with Crippen LogP contribution in [0.4, 0.5) is 27.4 Å². The van der Waals surface area contributed by atoms with Gasteiger partial charge in [0.1, 0.15) is 23.3 Å². The molecule has 0 radical (unpaired) electrons. The third-order valence-electron chi connectivity index (χ3n) is 5.26. The molecule has 0 amide bonds. The summed E-state index contributed by atoms with van der Waals surface area (Å²) in [7, 11) is 0. The molecule has 2 aromatic carbocycles. The van der Waals surface area contributed by atoms with E-state index in [0.29, 0.717) is 5.69 Å². The van der Waals surface area contributed by atoms with Crippen molar-refractivity contribution < 1.29 is 4.39 Å². The summed E-state index contributed by atoms with van der Waals surface area (Å²) in [6, 6.07) is 17.3. The van der Waals surface area contributed by atoms with Crippen LogP contribution in [0.2, 0.25) is 0 Å². The van der Waals surface area contributed by atoms with Crippen LogP contribution >= 0.6 is 0 Å². The Bertz CT molecular complexity index is 965. The Kier molecular flexibility index (Phi) is 5.60. The molecule has 1 aliphatic rings. The van der Waals surface area contributed by atoms with E-state index in [1.807, 2.05) is 25.1 Å². The van der Waals surface area contributed by atoms with Crippen LogP contribution in [0.1, 0.15) is 18.3 Å². The molecule has 1 saturated heterocycles. The highest BCUT2D eigenvalue weighted by molar-refractivity contribution is 5.60. The molecule has 3 aromatic rings. The SMILES string of the molecule is CCc1ccc(Nc2cc(N3CCN(c4ccccc4F)CC3)nc(C)n2)cc1. The second kappa shape index (κ2) is 8.47. The Hall–Kier alpha value is -3.15. The number of nitrogens with one attached hydrogen (secondary N) is 1. The molecule has 0 unspecified atom stereocenters. The number of piperazine rings is 1. The molecule has 0 bridgehead atoms. The highest BCUT2D eigenvalue weighted by Crippen LogP contribution is 2.24. The molecule has 1 aromatic heterocycles. The molecule has 0 atom stereocenters. The summed E-state index contributed by atoms with van der Waals surface area (Å²) < 4.78 is 14.1. The normalized spacial score (nSPS) is 14.2. The molecule has 150 valence electrons. The summed E-state index contributed by atoms with van der Waals surface area (Å²) >= 11 is 0. The maximum Gasteiger partial charge on any atom is 0.146 e. The minimum Gasteiger partial charge on any atom is -0.366 e. The minimum absolute atomic E-state index is 0.167. The van der Waals surface area contributed by atoms with Gasteiger partial charge in [-0.1, -0.05) is 31.2 Å². The number of rotatable bonds is 5. The number of anilines is 4. The zero-order valence-electron chi connectivity index (χ0n) is 16.9. The zero-order chi connectivity index (χ0) is 20.2. The van der Waals surface area contributed by atoms with E-state index >= 15 is 0 Å². The molecular formula is C23H26FN5. The molecular weight excluding hydrogens is 365 g/mol. The maximum atomic E-state index is 14.1. The van der Waals surface area contributed by atoms with Crippen molar-refractivity contribution in [2.45, 2.75) is 20.3 Å². The molecule has 5 nitrogen and oxygen atoms in total. The number of hydrogen-bond acceptors (Lipinski definition) is 5. The lowest BCUT2D eigenvalue weighted by Crippen LogP contribution is -2.47. The number of aryl methyl sites for hydroxylation is 2. The second-order valence-corrected chi connectivity index (χ2v) is 7.26. The van der Waals surface area contributed by atoms with Gasteiger partial charge in [-0.25, -0.2) is 14.4 Å². The summed E-state index contributed by atoms with van der Waals surface area (Å²) in [6.45, 7) is 7.14. The number of para-hydroxylation sites is 1. The molecule has 1 aliphatic heterocycles. The van der Waals surface area contributed by atoms with Crippen molar-refractivity contribution in [1.29, 1.82) is 0 Å². The van der Waals surface area contributed by atoms with Gasteiger partial charge < -0.3 is 15.1 Å². The predicted octanol–water partition coefficient (Wildman–Crippen LogP) is 4.56. The molecule has 0 aliphatic carbocycles. The third kappa shape index (κ3) is 4.47. The van der Waals surface area contributed by atoms with E-state index in [0.717, 1.165) is 55.7 Å². The summed E-state index contributed by atoms with van der Waals surface area (Å²) in [4.78, 5) is 13.5. The van der Waals surface area contributed by atoms with Crippen LogP contribution in [0, 0.1) is 12.7 Å². The molecule has 2 heterocycles. The minimum atomic E-state index is -0.167. The van der Waals surface area contributed by atoms with Gasteiger partial charge in [0.05, 0.1) is 5.69 Å². The second-order valence-electron chi connectivity index (χ2n) is 7.26. The molecule has 1 N–H and O–H groups in total. The van der Waals surface area contributed by atoms with E-state index in [1.54, 1.807) is 6.07 Å².